The fourth-order valence-corrected chi connectivity index (χ4v) is 2.76. The van der Waals surface area contributed by atoms with Gasteiger partial charge in [-0.25, -0.2) is 14.4 Å². The Morgan fingerprint density at radius 1 is 1.52 bits per heavy atom. The number of aliphatic hydroxyl groups excluding tert-OH is 2. The van der Waals surface area contributed by atoms with Crippen molar-refractivity contribution in [2.45, 2.75) is 24.5 Å². The predicted octanol–water partition coefficient (Wildman–Crippen LogP) is 0.489. The quantitative estimate of drug-likeness (QED) is 0.801. The van der Waals surface area contributed by atoms with Gasteiger partial charge in [0.25, 0.3) is 0 Å². The smallest absolute Gasteiger partial charge is 0.164 e. The molecule has 7 nitrogen and oxygen atoms in total. The zero-order valence-corrected chi connectivity index (χ0v) is 11.7. The number of nitrogens with zero attached hydrogens (tertiary/aromatic N) is 3. The zero-order valence-electron chi connectivity index (χ0n) is 11.0. The van der Waals surface area contributed by atoms with Crippen LogP contribution in [0.3, 0.4) is 0 Å². The van der Waals surface area contributed by atoms with Crippen LogP contribution < -0.4 is 0 Å². The molecule has 4 atom stereocenters. The van der Waals surface area contributed by atoms with E-state index in [4.69, 9.17) is 21.1 Å². The summed E-state index contributed by atoms with van der Waals surface area (Å²) in [5.74, 6) is -0.601. The Bertz CT molecular complexity index is 667. The van der Waals surface area contributed by atoms with E-state index in [0.717, 1.165) is 6.20 Å². The summed E-state index contributed by atoms with van der Waals surface area (Å²) < 4.78 is 26.2. The highest BCUT2D eigenvalue weighted by Crippen LogP contribution is 2.35. The molecule has 9 heteroatoms. The average molecular weight is 318 g/mol. The molecule has 21 heavy (non-hydrogen) atoms. The maximum Gasteiger partial charge on any atom is 0.164 e. The molecule has 3 heterocycles. The van der Waals surface area contributed by atoms with Crippen LogP contribution in [0.2, 0.25) is 5.15 Å². The van der Waals surface area contributed by atoms with Gasteiger partial charge in [0.15, 0.2) is 12.0 Å². The minimum absolute atomic E-state index is 0.0116. The lowest BCUT2D eigenvalue weighted by atomic mass is 10.1. The number of halogens is 2. The number of hydrogen-bond donors (Lipinski definition) is 2. The average Bonchev–Trinajstić information content (AvgIpc) is 2.97. The molecule has 0 radical (unpaired) electrons. The molecular weight excluding hydrogens is 305 g/mol. The minimum Gasteiger partial charge on any atom is -0.394 e. The molecule has 0 spiro atoms. The first-order chi connectivity index (χ1) is 10.1. The van der Waals surface area contributed by atoms with Gasteiger partial charge in [0.05, 0.1) is 12.0 Å². The SMILES string of the molecule is CO[C@@H]1[C@H](O)[C@@H](CO)O[C@H]1n1cc(F)c2c(Cl)ncnc21. The number of ether oxygens (including phenoxy) is 2. The molecule has 0 aliphatic carbocycles. The Morgan fingerprint density at radius 2 is 2.29 bits per heavy atom. The van der Waals surface area contributed by atoms with Crippen LogP contribution in [0, 0.1) is 5.82 Å². The second kappa shape index (κ2) is 5.47. The van der Waals surface area contributed by atoms with Gasteiger partial charge >= 0.3 is 0 Å². The van der Waals surface area contributed by atoms with Crippen LogP contribution in [0.1, 0.15) is 6.23 Å². The number of methoxy groups -OCH3 is 1. The topological polar surface area (TPSA) is 89.6 Å². The summed E-state index contributed by atoms with van der Waals surface area (Å²) in [4.78, 5) is 7.73. The fourth-order valence-electron chi connectivity index (χ4n) is 2.55. The van der Waals surface area contributed by atoms with Crippen LogP contribution >= 0.6 is 11.6 Å². The van der Waals surface area contributed by atoms with Crippen molar-refractivity contribution in [2.24, 2.45) is 0 Å². The van der Waals surface area contributed by atoms with E-state index in [1.165, 1.54) is 18.0 Å². The fraction of sp³-hybridized carbons (Fsp3) is 0.500. The highest BCUT2D eigenvalue weighted by atomic mass is 35.5. The number of rotatable bonds is 3. The van der Waals surface area contributed by atoms with E-state index in [1.54, 1.807) is 0 Å². The van der Waals surface area contributed by atoms with Gasteiger partial charge in [-0.2, -0.15) is 0 Å². The highest BCUT2D eigenvalue weighted by Gasteiger charge is 2.45. The molecule has 1 fully saturated rings. The molecule has 0 bridgehead atoms. The summed E-state index contributed by atoms with van der Waals surface area (Å²) in [7, 11) is 1.40. The van der Waals surface area contributed by atoms with E-state index in [2.05, 4.69) is 9.97 Å². The second-order valence-electron chi connectivity index (χ2n) is 4.69. The van der Waals surface area contributed by atoms with Crippen LogP contribution in [-0.2, 0) is 9.47 Å². The standard InChI is InChI=1S/C12H13ClFN3O4/c1-20-9-8(19)6(3-18)21-12(9)17-2-5(14)7-10(13)15-4-16-11(7)17/h2,4,6,8-9,12,18-19H,3H2,1H3/t6-,8-,9-,12-/m1/s1. The Morgan fingerprint density at radius 3 is 2.95 bits per heavy atom. The van der Waals surface area contributed by atoms with Crippen LogP contribution in [0.25, 0.3) is 11.0 Å². The van der Waals surface area contributed by atoms with Crippen molar-refractivity contribution in [3.8, 4) is 0 Å². The number of hydrogen-bond acceptors (Lipinski definition) is 6. The van der Waals surface area contributed by atoms with Crippen LogP contribution in [0.4, 0.5) is 4.39 Å². The summed E-state index contributed by atoms with van der Waals surface area (Å²) in [6, 6.07) is 0. The maximum atomic E-state index is 14.0. The molecule has 0 saturated carbocycles. The number of aliphatic hydroxyl groups is 2. The summed E-state index contributed by atoms with van der Waals surface area (Å²) in [5.41, 5.74) is 0.227. The molecule has 3 rings (SSSR count). The first-order valence-electron chi connectivity index (χ1n) is 6.22. The van der Waals surface area contributed by atoms with Crippen molar-refractivity contribution in [1.82, 2.24) is 14.5 Å². The van der Waals surface area contributed by atoms with Gasteiger partial charge in [-0.1, -0.05) is 11.6 Å². The Hall–Kier alpha value is -1.32. The third kappa shape index (κ3) is 2.19. The van der Waals surface area contributed by atoms with Gasteiger partial charge in [-0.05, 0) is 0 Å². The van der Waals surface area contributed by atoms with Crippen LogP contribution in [0.15, 0.2) is 12.5 Å². The normalized spacial score (nSPS) is 29.4. The first kappa shape index (κ1) is 14.6. The van der Waals surface area contributed by atoms with Gasteiger partial charge in [-0.15, -0.1) is 0 Å². The lowest BCUT2D eigenvalue weighted by Gasteiger charge is -2.20. The zero-order chi connectivity index (χ0) is 15.1. The summed E-state index contributed by atoms with van der Waals surface area (Å²) in [6.45, 7) is -0.380. The van der Waals surface area contributed by atoms with Crippen molar-refractivity contribution < 1.29 is 24.1 Å². The van der Waals surface area contributed by atoms with E-state index < -0.39 is 30.4 Å². The van der Waals surface area contributed by atoms with E-state index >= 15 is 0 Å². The monoisotopic (exact) mass is 317 g/mol. The molecule has 1 aliphatic heterocycles. The second-order valence-corrected chi connectivity index (χ2v) is 5.04. The van der Waals surface area contributed by atoms with E-state index in [9.17, 15) is 14.6 Å². The van der Waals surface area contributed by atoms with Gasteiger partial charge in [0, 0.05) is 13.3 Å². The van der Waals surface area contributed by atoms with Crippen LogP contribution in [0.5, 0.6) is 0 Å². The molecular formula is C12H13ClFN3O4. The minimum atomic E-state index is -1.04. The maximum absolute atomic E-state index is 14.0. The predicted molar refractivity (Wildman–Crippen MR) is 70.3 cm³/mol. The summed E-state index contributed by atoms with van der Waals surface area (Å²) in [6.07, 6.45) is -1.10. The van der Waals surface area contributed by atoms with Gasteiger partial charge in [-0.3, -0.25) is 0 Å². The van der Waals surface area contributed by atoms with E-state index in [0.29, 0.717) is 0 Å². The van der Waals surface area contributed by atoms with Gasteiger partial charge < -0.3 is 24.3 Å². The van der Waals surface area contributed by atoms with Gasteiger partial charge in [0.1, 0.15) is 35.4 Å². The molecule has 2 aromatic rings. The molecule has 0 amide bonds. The van der Waals surface area contributed by atoms with E-state index in [1.807, 2.05) is 0 Å². The van der Waals surface area contributed by atoms with Crippen molar-refractivity contribution in [3.63, 3.8) is 0 Å². The molecule has 1 aliphatic rings. The van der Waals surface area contributed by atoms with Crippen molar-refractivity contribution in [2.75, 3.05) is 13.7 Å². The van der Waals surface area contributed by atoms with Crippen molar-refractivity contribution >= 4 is 22.6 Å². The summed E-state index contributed by atoms with van der Waals surface area (Å²) in [5, 5.41) is 19.3. The number of fused-ring (bicyclic) bond motifs is 1. The van der Waals surface area contributed by atoms with Crippen molar-refractivity contribution in [1.29, 1.82) is 0 Å². The molecule has 0 aromatic carbocycles. The highest BCUT2D eigenvalue weighted by molar-refractivity contribution is 6.33. The Balaban J connectivity index is 2.10. The van der Waals surface area contributed by atoms with Crippen LogP contribution in [-0.4, -0.2) is 56.8 Å². The van der Waals surface area contributed by atoms with E-state index in [-0.39, 0.29) is 22.8 Å². The van der Waals surface area contributed by atoms with Gasteiger partial charge in [0.2, 0.25) is 0 Å². The molecule has 2 aromatic heterocycles. The Kier molecular flexibility index (Phi) is 3.80. The third-order valence-electron chi connectivity index (χ3n) is 3.56. The number of aromatic nitrogens is 3. The largest absolute Gasteiger partial charge is 0.394 e. The Labute approximate surface area is 123 Å². The lowest BCUT2D eigenvalue weighted by molar-refractivity contribution is -0.0582. The molecule has 1 saturated heterocycles. The molecule has 2 N–H and O–H groups in total. The molecule has 114 valence electrons. The first-order valence-corrected chi connectivity index (χ1v) is 6.60. The molecule has 0 unspecified atom stereocenters. The lowest BCUT2D eigenvalue weighted by Crippen LogP contribution is -2.34. The summed E-state index contributed by atoms with van der Waals surface area (Å²) >= 11 is 5.87. The third-order valence-corrected chi connectivity index (χ3v) is 3.84. The van der Waals surface area contributed by atoms with Crippen molar-refractivity contribution in [3.05, 3.63) is 23.5 Å².